The molecule has 0 aliphatic carbocycles. The number of methoxy groups -OCH3 is 1. The number of hydrogen-bond donors (Lipinski definition) is 1. The third kappa shape index (κ3) is 6.62. The first-order valence-corrected chi connectivity index (χ1v) is 4.90. The number of hydrogen-bond acceptors (Lipinski definition) is 2. The maximum Gasteiger partial charge on any atom is 0.0502 e. The summed E-state index contributed by atoms with van der Waals surface area (Å²) in [7, 11) is 1.77. The molecule has 1 atom stereocenters. The van der Waals surface area contributed by atoms with Crippen molar-refractivity contribution in [1.29, 1.82) is 0 Å². The summed E-state index contributed by atoms with van der Waals surface area (Å²) in [5.41, 5.74) is 0. The highest BCUT2D eigenvalue weighted by Crippen LogP contribution is 2.00. The zero-order valence-electron chi connectivity index (χ0n) is 8.89. The molecule has 0 aromatic carbocycles. The van der Waals surface area contributed by atoms with Crippen molar-refractivity contribution in [3.8, 4) is 0 Å². The molecule has 0 radical (unpaired) electrons. The maximum atomic E-state index is 5.11. The molecule has 12 heavy (non-hydrogen) atoms. The largest absolute Gasteiger partial charge is 0.384 e. The van der Waals surface area contributed by atoms with Crippen LogP contribution in [0.5, 0.6) is 0 Å². The zero-order valence-corrected chi connectivity index (χ0v) is 8.89. The molecule has 1 unspecified atom stereocenters. The third-order valence-electron chi connectivity index (χ3n) is 1.97. The van der Waals surface area contributed by atoms with Crippen molar-refractivity contribution in [2.75, 3.05) is 26.8 Å². The van der Waals surface area contributed by atoms with Crippen LogP contribution in [0.1, 0.15) is 27.2 Å². The second kappa shape index (κ2) is 7.56. The van der Waals surface area contributed by atoms with Crippen molar-refractivity contribution in [2.24, 2.45) is 11.8 Å². The highest BCUT2D eigenvalue weighted by atomic mass is 16.5. The van der Waals surface area contributed by atoms with Crippen LogP contribution < -0.4 is 5.32 Å². The summed E-state index contributed by atoms with van der Waals surface area (Å²) in [4.78, 5) is 0. The first kappa shape index (κ1) is 11.9. The van der Waals surface area contributed by atoms with Crippen LogP contribution >= 0.6 is 0 Å². The topological polar surface area (TPSA) is 21.3 Å². The van der Waals surface area contributed by atoms with Crippen molar-refractivity contribution in [3.63, 3.8) is 0 Å². The molecule has 0 aliphatic rings. The summed E-state index contributed by atoms with van der Waals surface area (Å²) in [6, 6.07) is 0. The Morgan fingerprint density at radius 1 is 1.25 bits per heavy atom. The highest BCUT2D eigenvalue weighted by Gasteiger charge is 2.04. The van der Waals surface area contributed by atoms with Crippen LogP contribution in [0.15, 0.2) is 0 Å². The fraction of sp³-hybridized carbons (Fsp3) is 1.00. The van der Waals surface area contributed by atoms with Crippen LogP contribution in [0.3, 0.4) is 0 Å². The smallest absolute Gasteiger partial charge is 0.0502 e. The second-order valence-corrected chi connectivity index (χ2v) is 3.78. The molecule has 0 fully saturated rings. The van der Waals surface area contributed by atoms with E-state index >= 15 is 0 Å². The van der Waals surface area contributed by atoms with Gasteiger partial charge >= 0.3 is 0 Å². The SMILES string of the molecule is CCC(CNCC(C)C)COC. The molecule has 2 nitrogen and oxygen atoms in total. The van der Waals surface area contributed by atoms with E-state index in [1.54, 1.807) is 7.11 Å². The van der Waals surface area contributed by atoms with E-state index in [0.717, 1.165) is 25.6 Å². The fourth-order valence-corrected chi connectivity index (χ4v) is 1.13. The van der Waals surface area contributed by atoms with Crippen molar-refractivity contribution in [3.05, 3.63) is 0 Å². The van der Waals surface area contributed by atoms with E-state index in [0.29, 0.717) is 5.92 Å². The molecule has 0 amide bonds. The van der Waals surface area contributed by atoms with Crippen LogP contribution in [0, 0.1) is 11.8 Å². The van der Waals surface area contributed by atoms with Gasteiger partial charge in [0, 0.05) is 13.7 Å². The zero-order chi connectivity index (χ0) is 9.40. The summed E-state index contributed by atoms with van der Waals surface area (Å²) in [6.07, 6.45) is 1.19. The van der Waals surface area contributed by atoms with E-state index in [9.17, 15) is 0 Å². The predicted octanol–water partition coefficient (Wildman–Crippen LogP) is 1.90. The van der Waals surface area contributed by atoms with Crippen LogP contribution in [0.25, 0.3) is 0 Å². The predicted molar refractivity (Wildman–Crippen MR) is 53.4 cm³/mol. The van der Waals surface area contributed by atoms with Crippen molar-refractivity contribution in [1.82, 2.24) is 5.32 Å². The lowest BCUT2D eigenvalue weighted by atomic mass is 10.1. The van der Waals surface area contributed by atoms with Gasteiger partial charge in [0.1, 0.15) is 0 Å². The molecule has 1 N–H and O–H groups in total. The average Bonchev–Trinajstić information content (AvgIpc) is 2.02. The van der Waals surface area contributed by atoms with Crippen LogP contribution in [0.4, 0.5) is 0 Å². The molecule has 0 aromatic rings. The molecule has 0 saturated carbocycles. The number of nitrogens with one attached hydrogen (secondary N) is 1. The van der Waals surface area contributed by atoms with Crippen LogP contribution in [-0.4, -0.2) is 26.8 Å². The molecule has 0 heterocycles. The Morgan fingerprint density at radius 2 is 1.92 bits per heavy atom. The van der Waals surface area contributed by atoms with Gasteiger partial charge in [-0.15, -0.1) is 0 Å². The Morgan fingerprint density at radius 3 is 2.33 bits per heavy atom. The van der Waals surface area contributed by atoms with Gasteiger partial charge in [0.25, 0.3) is 0 Å². The van der Waals surface area contributed by atoms with E-state index < -0.39 is 0 Å². The minimum Gasteiger partial charge on any atom is -0.384 e. The van der Waals surface area contributed by atoms with Crippen molar-refractivity contribution < 1.29 is 4.74 Å². The molecule has 74 valence electrons. The molecule has 0 aromatic heterocycles. The highest BCUT2D eigenvalue weighted by molar-refractivity contribution is 4.60. The van der Waals surface area contributed by atoms with Gasteiger partial charge < -0.3 is 10.1 Å². The van der Waals surface area contributed by atoms with Gasteiger partial charge in [0.05, 0.1) is 6.61 Å². The number of rotatable bonds is 7. The van der Waals surface area contributed by atoms with Gasteiger partial charge in [-0.1, -0.05) is 20.8 Å². The second-order valence-electron chi connectivity index (χ2n) is 3.78. The number of ether oxygens (including phenoxy) is 1. The molecule has 0 bridgehead atoms. The molecule has 0 rings (SSSR count). The molecule has 2 heteroatoms. The van der Waals surface area contributed by atoms with Gasteiger partial charge in [-0.3, -0.25) is 0 Å². The third-order valence-corrected chi connectivity index (χ3v) is 1.97. The quantitative estimate of drug-likeness (QED) is 0.635. The molecular formula is C10H23NO. The lowest BCUT2D eigenvalue weighted by molar-refractivity contribution is 0.148. The molecule has 0 aliphatic heterocycles. The summed E-state index contributed by atoms with van der Waals surface area (Å²) in [6.45, 7) is 9.74. The summed E-state index contributed by atoms with van der Waals surface area (Å²) < 4.78 is 5.11. The Hall–Kier alpha value is -0.0800. The molecular weight excluding hydrogens is 150 g/mol. The lowest BCUT2D eigenvalue weighted by Gasteiger charge is -2.15. The van der Waals surface area contributed by atoms with E-state index in [1.165, 1.54) is 6.42 Å². The standard InChI is InChI=1S/C10H23NO/c1-5-10(8-12-4)7-11-6-9(2)3/h9-11H,5-8H2,1-4H3. The maximum absolute atomic E-state index is 5.11. The fourth-order valence-electron chi connectivity index (χ4n) is 1.13. The molecule has 0 spiro atoms. The van der Waals surface area contributed by atoms with Gasteiger partial charge in [-0.05, 0) is 24.8 Å². The van der Waals surface area contributed by atoms with Gasteiger partial charge in [-0.25, -0.2) is 0 Å². The minimum absolute atomic E-state index is 0.675. The monoisotopic (exact) mass is 173 g/mol. The first-order chi connectivity index (χ1) is 5.70. The Balaban J connectivity index is 3.31. The van der Waals surface area contributed by atoms with Crippen molar-refractivity contribution in [2.45, 2.75) is 27.2 Å². The van der Waals surface area contributed by atoms with E-state index in [4.69, 9.17) is 4.74 Å². The Labute approximate surface area is 76.7 Å². The molecule has 0 saturated heterocycles. The van der Waals surface area contributed by atoms with E-state index in [-0.39, 0.29) is 0 Å². The summed E-state index contributed by atoms with van der Waals surface area (Å²) in [5.74, 6) is 1.42. The summed E-state index contributed by atoms with van der Waals surface area (Å²) in [5, 5.41) is 3.44. The van der Waals surface area contributed by atoms with E-state index in [1.807, 2.05) is 0 Å². The lowest BCUT2D eigenvalue weighted by Crippen LogP contribution is -2.28. The van der Waals surface area contributed by atoms with Gasteiger partial charge in [-0.2, -0.15) is 0 Å². The van der Waals surface area contributed by atoms with E-state index in [2.05, 4.69) is 26.1 Å². The Bertz CT molecular complexity index is 93.8. The van der Waals surface area contributed by atoms with Gasteiger partial charge in [0.15, 0.2) is 0 Å². The normalized spacial score (nSPS) is 13.8. The van der Waals surface area contributed by atoms with Gasteiger partial charge in [0.2, 0.25) is 0 Å². The average molecular weight is 173 g/mol. The van der Waals surface area contributed by atoms with Crippen molar-refractivity contribution >= 4 is 0 Å². The minimum atomic E-state index is 0.675. The first-order valence-electron chi connectivity index (χ1n) is 4.90. The Kier molecular flexibility index (Phi) is 7.51. The van der Waals surface area contributed by atoms with Crippen LogP contribution in [0.2, 0.25) is 0 Å². The van der Waals surface area contributed by atoms with Crippen LogP contribution in [-0.2, 0) is 4.74 Å². The summed E-state index contributed by atoms with van der Waals surface area (Å²) >= 11 is 0.